The van der Waals surface area contributed by atoms with Crippen molar-refractivity contribution >= 4 is 28.8 Å². The van der Waals surface area contributed by atoms with Crippen LogP contribution in [-0.4, -0.2) is 48.4 Å². The summed E-state index contributed by atoms with van der Waals surface area (Å²) in [5.74, 6) is 0.198. The van der Waals surface area contributed by atoms with Crippen LogP contribution in [0.4, 0.5) is 5.69 Å². The van der Waals surface area contributed by atoms with Crippen molar-refractivity contribution in [1.29, 1.82) is 0 Å². The molecule has 0 aliphatic carbocycles. The number of hydrogen-bond donors (Lipinski definition) is 1. The summed E-state index contributed by atoms with van der Waals surface area (Å²) in [6.07, 6.45) is 3.82. The van der Waals surface area contributed by atoms with Gasteiger partial charge in [-0.05, 0) is 55.7 Å². The van der Waals surface area contributed by atoms with E-state index in [1.54, 1.807) is 0 Å². The minimum atomic E-state index is 0.0169. The van der Waals surface area contributed by atoms with Crippen molar-refractivity contribution in [3.63, 3.8) is 0 Å². The molecule has 0 spiro atoms. The lowest BCUT2D eigenvalue weighted by Crippen LogP contribution is -2.50. The number of aryl methyl sites for hydroxylation is 1. The van der Waals surface area contributed by atoms with Crippen molar-refractivity contribution in [2.75, 3.05) is 24.5 Å². The van der Waals surface area contributed by atoms with Crippen molar-refractivity contribution in [2.24, 2.45) is 0 Å². The smallest absolute Gasteiger partial charge is 0.261 e. The quantitative estimate of drug-likeness (QED) is 0.861. The second kappa shape index (κ2) is 8.45. The second-order valence-electron chi connectivity index (χ2n) is 7.78. The van der Waals surface area contributed by atoms with Crippen molar-refractivity contribution < 1.29 is 9.59 Å². The maximum absolute atomic E-state index is 13.1. The van der Waals surface area contributed by atoms with Gasteiger partial charge in [0.05, 0.1) is 11.4 Å². The molecule has 2 amide bonds. The number of carbonyl (C=O) groups excluding carboxylic acids is 2. The number of hydrogen-bond acceptors (Lipinski definition) is 4. The lowest BCUT2D eigenvalue weighted by Gasteiger charge is -2.38. The molecule has 28 heavy (non-hydrogen) atoms. The molecule has 1 aromatic heterocycles. The summed E-state index contributed by atoms with van der Waals surface area (Å²) in [5.41, 5.74) is 2.34. The Hall–Kier alpha value is -2.18. The van der Waals surface area contributed by atoms with Gasteiger partial charge in [-0.15, -0.1) is 11.3 Å². The highest BCUT2D eigenvalue weighted by Crippen LogP contribution is 2.30. The summed E-state index contributed by atoms with van der Waals surface area (Å²) in [6, 6.07) is 12.4. The summed E-state index contributed by atoms with van der Waals surface area (Å²) in [4.78, 5) is 30.3. The third-order valence-corrected chi connectivity index (χ3v) is 6.69. The summed E-state index contributed by atoms with van der Waals surface area (Å²) < 4.78 is 0. The molecule has 1 unspecified atom stereocenters. The molecular weight excluding hydrogens is 370 g/mol. The van der Waals surface area contributed by atoms with Crippen LogP contribution in [0.15, 0.2) is 41.8 Å². The maximum Gasteiger partial charge on any atom is 0.261 e. The van der Waals surface area contributed by atoms with Gasteiger partial charge < -0.3 is 10.2 Å². The number of thiophene rings is 1. The highest BCUT2D eigenvalue weighted by Gasteiger charge is 2.30. The van der Waals surface area contributed by atoms with E-state index in [9.17, 15) is 9.59 Å². The third kappa shape index (κ3) is 4.13. The molecule has 6 heteroatoms. The van der Waals surface area contributed by atoms with Crippen molar-refractivity contribution in [3.8, 4) is 0 Å². The monoisotopic (exact) mass is 397 g/mol. The van der Waals surface area contributed by atoms with Crippen LogP contribution in [0.3, 0.4) is 0 Å². The first-order valence-corrected chi connectivity index (χ1v) is 11.0. The van der Waals surface area contributed by atoms with Crippen LogP contribution in [0.1, 0.15) is 41.4 Å². The second-order valence-corrected chi connectivity index (χ2v) is 8.73. The third-order valence-electron chi connectivity index (χ3n) is 5.82. The first kappa shape index (κ1) is 19.2. The zero-order valence-electron chi connectivity index (χ0n) is 16.3. The molecule has 2 aliphatic heterocycles. The fraction of sp³-hybridized carbons (Fsp3) is 0.455. The van der Waals surface area contributed by atoms with E-state index in [1.807, 2.05) is 34.5 Å². The van der Waals surface area contributed by atoms with Crippen LogP contribution in [0.2, 0.25) is 0 Å². The van der Waals surface area contributed by atoms with Gasteiger partial charge in [0.1, 0.15) is 0 Å². The molecule has 1 atom stereocenters. The van der Waals surface area contributed by atoms with Gasteiger partial charge in [0.15, 0.2) is 0 Å². The number of para-hydroxylation sites is 1. The number of rotatable bonds is 4. The Morgan fingerprint density at radius 3 is 2.64 bits per heavy atom. The molecule has 0 radical (unpaired) electrons. The number of carbonyl (C=O) groups is 2. The standard InChI is InChI=1S/C22H27N3O2S/c1-16-8-9-17-5-2-3-6-19(17)25(16)21(26)15-24-12-10-18(11-13-24)23-22(27)20-7-4-14-28-20/h2-7,14,16,18H,8-13,15H2,1H3,(H,23,27). The topological polar surface area (TPSA) is 52.7 Å². The molecule has 1 N–H and O–H groups in total. The van der Waals surface area contributed by atoms with E-state index in [2.05, 4.69) is 29.3 Å². The SMILES string of the molecule is CC1CCc2ccccc2N1C(=O)CN1CCC(NC(=O)c2cccs2)CC1. The van der Waals surface area contributed by atoms with E-state index in [4.69, 9.17) is 0 Å². The summed E-state index contributed by atoms with van der Waals surface area (Å²) in [6.45, 7) is 4.26. The lowest BCUT2D eigenvalue weighted by molar-refractivity contribution is -0.120. The number of anilines is 1. The highest BCUT2D eigenvalue weighted by molar-refractivity contribution is 7.12. The van der Waals surface area contributed by atoms with Gasteiger partial charge in [0, 0.05) is 30.9 Å². The molecule has 2 aromatic rings. The molecule has 1 aromatic carbocycles. The van der Waals surface area contributed by atoms with Gasteiger partial charge in [-0.2, -0.15) is 0 Å². The van der Waals surface area contributed by atoms with E-state index in [0.717, 1.165) is 49.3 Å². The zero-order chi connectivity index (χ0) is 19.5. The van der Waals surface area contributed by atoms with Crippen LogP contribution < -0.4 is 10.2 Å². The predicted molar refractivity (Wildman–Crippen MR) is 113 cm³/mol. The Morgan fingerprint density at radius 2 is 1.89 bits per heavy atom. The molecule has 0 bridgehead atoms. The van der Waals surface area contributed by atoms with E-state index < -0.39 is 0 Å². The van der Waals surface area contributed by atoms with E-state index in [-0.39, 0.29) is 23.9 Å². The van der Waals surface area contributed by atoms with Gasteiger partial charge in [-0.25, -0.2) is 0 Å². The normalized spacial score (nSPS) is 20.6. The number of fused-ring (bicyclic) bond motifs is 1. The van der Waals surface area contributed by atoms with Gasteiger partial charge in [-0.3, -0.25) is 14.5 Å². The number of amides is 2. The van der Waals surface area contributed by atoms with Gasteiger partial charge >= 0.3 is 0 Å². The van der Waals surface area contributed by atoms with Gasteiger partial charge in [0.25, 0.3) is 5.91 Å². The van der Waals surface area contributed by atoms with E-state index in [1.165, 1.54) is 16.9 Å². The molecule has 0 saturated carbocycles. The van der Waals surface area contributed by atoms with E-state index >= 15 is 0 Å². The maximum atomic E-state index is 13.1. The molecule has 2 aliphatic rings. The predicted octanol–water partition coefficient (Wildman–Crippen LogP) is 3.31. The van der Waals surface area contributed by atoms with Crippen LogP contribution in [0, 0.1) is 0 Å². The average molecular weight is 398 g/mol. The largest absolute Gasteiger partial charge is 0.349 e. The lowest BCUT2D eigenvalue weighted by atomic mass is 9.96. The summed E-state index contributed by atoms with van der Waals surface area (Å²) in [5, 5.41) is 5.05. The Bertz CT molecular complexity index is 828. The minimum Gasteiger partial charge on any atom is -0.349 e. The Balaban J connectivity index is 1.31. The molecule has 4 rings (SSSR count). The molecule has 3 heterocycles. The summed E-state index contributed by atoms with van der Waals surface area (Å²) >= 11 is 1.47. The number of benzene rings is 1. The van der Waals surface area contributed by atoms with Crippen molar-refractivity contribution in [2.45, 2.75) is 44.7 Å². The number of likely N-dealkylation sites (tertiary alicyclic amines) is 1. The van der Waals surface area contributed by atoms with Crippen molar-refractivity contribution in [3.05, 3.63) is 52.2 Å². The zero-order valence-corrected chi connectivity index (χ0v) is 17.1. The molecular formula is C22H27N3O2S. The first-order chi connectivity index (χ1) is 13.6. The highest BCUT2D eigenvalue weighted by atomic mass is 32.1. The molecule has 148 valence electrons. The Kier molecular flexibility index (Phi) is 5.78. The van der Waals surface area contributed by atoms with Gasteiger partial charge in [0.2, 0.25) is 5.91 Å². The van der Waals surface area contributed by atoms with Crippen LogP contribution in [0.25, 0.3) is 0 Å². The average Bonchev–Trinajstić information content (AvgIpc) is 3.24. The van der Waals surface area contributed by atoms with Crippen LogP contribution in [0.5, 0.6) is 0 Å². The van der Waals surface area contributed by atoms with Crippen LogP contribution >= 0.6 is 11.3 Å². The van der Waals surface area contributed by atoms with Crippen LogP contribution in [-0.2, 0) is 11.2 Å². The molecule has 5 nitrogen and oxygen atoms in total. The Labute approximate surface area is 170 Å². The summed E-state index contributed by atoms with van der Waals surface area (Å²) in [7, 11) is 0. The fourth-order valence-electron chi connectivity index (χ4n) is 4.24. The van der Waals surface area contributed by atoms with Gasteiger partial charge in [-0.1, -0.05) is 24.3 Å². The van der Waals surface area contributed by atoms with E-state index in [0.29, 0.717) is 6.54 Å². The Morgan fingerprint density at radius 1 is 1.11 bits per heavy atom. The minimum absolute atomic E-state index is 0.0169. The number of piperidine rings is 1. The fourth-order valence-corrected chi connectivity index (χ4v) is 4.86. The van der Waals surface area contributed by atoms with Crippen molar-refractivity contribution in [1.82, 2.24) is 10.2 Å². The number of nitrogens with one attached hydrogen (secondary N) is 1. The number of nitrogens with zero attached hydrogens (tertiary/aromatic N) is 2. The first-order valence-electron chi connectivity index (χ1n) is 10.1. The molecule has 1 saturated heterocycles. The molecule has 1 fully saturated rings.